The lowest BCUT2D eigenvalue weighted by molar-refractivity contribution is -0.384. The molecule has 34 heavy (non-hydrogen) atoms. The third kappa shape index (κ3) is 4.70. The highest BCUT2D eigenvalue weighted by atomic mass is 32.2. The number of sulfonamides is 1. The predicted molar refractivity (Wildman–Crippen MR) is 123 cm³/mol. The van der Waals surface area contributed by atoms with Crippen molar-refractivity contribution in [3.8, 4) is 0 Å². The second-order valence-corrected chi connectivity index (χ2v) is 12.5. The average Bonchev–Trinajstić information content (AvgIpc) is 3.52. The lowest BCUT2D eigenvalue weighted by atomic mass is 10.2. The Kier molecular flexibility index (Phi) is 6.49. The molecule has 2 aromatic carbocycles. The van der Waals surface area contributed by atoms with Crippen LogP contribution in [0.5, 0.6) is 0 Å². The quantitative estimate of drug-likeness (QED) is 0.367. The van der Waals surface area contributed by atoms with Crippen LogP contribution in [0.15, 0.2) is 68.7 Å². The van der Waals surface area contributed by atoms with E-state index in [0.29, 0.717) is 13.1 Å². The summed E-state index contributed by atoms with van der Waals surface area (Å²) >= 11 is 0.725. The number of benzene rings is 2. The van der Waals surface area contributed by atoms with Crippen LogP contribution in [0.1, 0.15) is 23.2 Å². The highest BCUT2D eigenvalue weighted by molar-refractivity contribution is 7.93. The summed E-state index contributed by atoms with van der Waals surface area (Å²) in [6.45, 7) is 0.944. The lowest BCUT2D eigenvalue weighted by Crippen LogP contribution is -2.27. The minimum atomic E-state index is -3.98. The van der Waals surface area contributed by atoms with Crippen LogP contribution in [0, 0.1) is 10.1 Å². The van der Waals surface area contributed by atoms with Crippen molar-refractivity contribution >= 4 is 47.9 Å². The Morgan fingerprint density at radius 3 is 2.15 bits per heavy atom. The maximum atomic E-state index is 12.8. The van der Waals surface area contributed by atoms with Crippen LogP contribution in [0.25, 0.3) is 0 Å². The molecule has 0 unspecified atom stereocenters. The molecule has 2 heterocycles. The third-order valence-electron chi connectivity index (χ3n) is 5.15. The van der Waals surface area contributed by atoms with E-state index in [0.717, 1.165) is 54.6 Å². The summed E-state index contributed by atoms with van der Waals surface area (Å²) in [4.78, 5) is 26.5. The largest absolute Gasteiger partial charge is 0.298 e. The van der Waals surface area contributed by atoms with Crippen LogP contribution in [0.2, 0.25) is 0 Å². The van der Waals surface area contributed by atoms with Gasteiger partial charge in [0, 0.05) is 30.8 Å². The standard InChI is InChI=1S/C20H18N4O7S3/c25-19(14-3-7-17(8-4-14)34(30,31)23-11-1-2-12-23)22-20-21-13-18(32-20)33(28,29)16-9-5-15(6-10-16)24(26)27/h3-10,13H,1-2,11-12H2,(H,21,22,25). The van der Waals surface area contributed by atoms with Crippen molar-refractivity contribution in [2.45, 2.75) is 26.8 Å². The van der Waals surface area contributed by atoms with Gasteiger partial charge in [-0.2, -0.15) is 4.31 Å². The molecule has 4 rings (SSSR count). The minimum absolute atomic E-state index is 0.0271. The van der Waals surface area contributed by atoms with Gasteiger partial charge in [0.05, 0.1) is 20.9 Å². The molecule has 3 aromatic rings. The van der Waals surface area contributed by atoms with Crippen molar-refractivity contribution in [2.75, 3.05) is 18.4 Å². The first-order valence-electron chi connectivity index (χ1n) is 9.96. The second kappa shape index (κ2) is 9.21. The van der Waals surface area contributed by atoms with Crippen LogP contribution >= 0.6 is 11.3 Å². The van der Waals surface area contributed by atoms with E-state index in [1.54, 1.807) is 0 Å². The highest BCUT2D eigenvalue weighted by Crippen LogP contribution is 2.30. The van der Waals surface area contributed by atoms with E-state index in [-0.39, 0.29) is 30.4 Å². The molecule has 0 spiro atoms. The zero-order valence-electron chi connectivity index (χ0n) is 17.4. The Bertz CT molecular complexity index is 1440. The fraction of sp³-hybridized carbons (Fsp3) is 0.200. The molecule has 1 amide bonds. The van der Waals surface area contributed by atoms with Gasteiger partial charge in [0.15, 0.2) is 5.13 Å². The van der Waals surface area contributed by atoms with Crippen molar-refractivity contribution in [1.82, 2.24) is 9.29 Å². The first-order chi connectivity index (χ1) is 16.1. The smallest absolute Gasteiger partial charge is 0.269 e. The number of hydrogen-bond acceptors (Lipinski definition) is 9. The Labute approximate surface area is 199 Å². The number of carbonyl (C=O) groups excluding carboxylic acids is 1. The number of carbonyl (C=O) groups is 1. The molecular formula is C20H18N4O7S3. The van der Waals surface area contributed by atoms with E-state index < -0.39 is 30.7 Å². The number of nitro groups is 1. The molecule has 0 bridgehead atoms. The number of non-ortho nitro benzene ring substituents is 1. The number of nitrogens with one attached hydrogen (secondary N) is 1. The van der Waals surface area contributed by atoms with Crippen LogP contribution in [-0.2, 0) is 19.9 Å². The molecule has 0 aliphatic carbocycles. The van der Waals surface area contributed by atoms with Gasteiger partial charge in [-0.1, -0.05) is 11.3 Å². The van der Waals surface area contributed by atoms with E-state index >= 15 is 0 Å². The second-order valence-electron chi connectivity index (χ2n) is 7.33. The van der Waals surface area contributed by atoms with E-state index in [1.165, 1.54) is 28.6 Å². The molecule has 1 aliphatic heterocycles. The predicted octanol–water partition coefficient (Wildman–Crippen LogP) is 2.92. The van der Waals surface area contributed by atoms with Gasteiger partial charge in [0.25, 0.3) is 11.6 Å². The number of thiazole rings is 1. The van der Waals surface area contributed by atoms with Crippen molar-refractivity contribution < 1.29 is 26.6 Å². The monoisotopic (exact) mass is 522 g/mol. The van der Waals surface area contributed by atoms with Gasteiger partial charge in [0.2, 0.25) is 19.9 Å². The van der Waals surface area contributed by atoms with Crippen LogP contribution in [0.3, 0.4) is 0 Å². The molecule has 178 valence electrons. The number of nitrogens with zero attached hydrogens (tertiary/aromatic N) is 3. The van der Waals surface area contributed by atoms with Gasteiger partial charge >= 0.3 is 0 Å². The average molecular weight is 523 g/mol. The minimum Gasteiger partial charge on any atom is -0.298 e. The Morgan fingerprint density at radius 2 is 1.56 bits per heavy atom. The molecule has 11 nitrogen and oxygen atoms in total. The Hall–Kier alpha value is -3.20. The summed E-state index contributed by atoms with van der Waals surface area (Å²) in [5, 5.41) is 13.3. The van der Waals surface area contributed by atoms with E-state index in [1.807, 2.05) is 0 Å². The molecule has 14 heteroatoms. The number of hydrogen-bond donors (Lipinski definition) is 1. The summed E-state index contributed by atoms with van der Waals surface area (Å²) in [5.74, 6) is -0.584. The van der Waals surface area contributed by atoms with Gasteiger partial charge in [-0.05, 0) is 49.2 Å². The molecule has 0 atom stereocenters. The zero-order valence-corrected chi connectivity index (χ0v) is 19.9. The van der Waals surface area contributed by atoms with Gasteiger partial charge in [-0.3, -0.25) is 20.2 Å². The number of sulfone groups is 1. The molecule has 1 N–H and O–H groups in total. The zero-order chi connectivity index (χ0) is 24.5. The normalized spacial score (nSPS) is 14.7. The molecular weight excluding hydrogens is 504 g/mol. The summed E-state index contributed by atoms with van der Waals surface area (Å²) in [7, 11) is -7.58. The summed E-state index contributed by atoms with van der Waals surface area (Å²) in [6.07, 6.45) is 2.72. The van der Waals surface area contributed by atoms with Crippen molar-refractivity contribution in [3.05, 3.63) is 70.4 Å². The van der Waals surface area contributed by atoms with E-state index in [9.17, 15) is 31.7 Å². The number of aromatic nitrogens is 1. The van der Waals surface area contributed by atoms with Crippen LogP contribution in [-0.4, -0.2) is 50.0 Å². The summed E-state index contributed by atoms with van der Waals surface area (Å²) < 4.78 is 52.0. The Balaban J connectivity index is 1.47. The van der Waals surface area contributed by atoms with Crippen LogP contribution < -0.4 is 5.32 Å². The van der Waals surface area contributed by atoms with Crippen LogP contribution in [0.4, 0.5) is 10.8 Å². The maximum absolute atomic E-state index is 12.8. The van der Waals surface area contributed by atoms with Gasteiger partial charge in [0.1, 0.15) is 4.21 Å². The summed E-state index contributed by atoms with van der Waals surface area (Å²) in [6, 6.07) is 9.89. The lowest BCUT2D eigenvalue weighted by Gasteiger charge is -2.15. The molecule has 1 aromatic heterocycles. The first-order valence-corrected chi connectivity index (χ1v) is 13.7. The third-order valence-corrected chi connectivity index (χ3v) is 10.2. The first kappa shape index (κ1) is 23.9. The summed E-state index contributed by atoms with van der Waals surface area (Å²) in [5.41, 5.74) is -0.0641. The number of amides is 1. The highest BCUT2D eigenvalue weighted by Gasteiger charge is 2.27. The van der Waals surface area contributed by atoms with E-state index in [2.05, 4.69) is 10.3 Å². The fourth-order valence-corrected chi connectivity index (χ4v) is 7.27. The van der Waals surface area contributed by atoms with Gasteiger partial charge < -0.3 is 0 Å². The fourth-order valence-electron chi connectivity index (χ4n) is 3.33. The van der Waals surface area contributed by atoms with Gasteiger partial charge in [-0.15, -0.1) is 0 Å². The molecule has 0 radical (unpaired) electrons. The molecule has 1 saturated heterocycles. The van der Waals surface area contributed by atoms with Gasteiger partial charge in [-0.25, -0.2) is 21.8 Å². The molecule has 0 saturated carbocycles. The number of nitro benzene ring substituents is 1. The molecule has 1 aliphatic rings. The number of anilines is 1. The maximum Gasteiger partial charge on any atom is 0.269 e. The van der Waals surface area contributed by atoms with Crippen molar-refractivity contribution in [3.63, 3.8) is 0 Å². The SMILES string of the molecule is O=C(Nc1ncc(S(=O)(=O)c2ccc([N+](=O)[O-])cc2)s1)c1ccc(S(=O)(=O)N2CCCC2)cc1. The Morgan fingerprint density at radius 1 is 0.971 bits per heavy atom. The van der Waals surface area contributed by atoms with Crippen molar-refractivity contribution in [1.29, 1.82) is 0 Å². The van der Waals surface area contributed by atoms with E-state index in [4.69, 9.17) is 0 Å². The van der Waals surface area contributed by atoms with Crippen molar-refractivity contribution in [2.24, 2.45) is 0 Å². The topological polar surface area (TPSA) is 157 Å². The molecule has 1 fully saturated rings. The number of rotatable bonds is 7.